The van der Waals surface area contributed by atoms with Crippen molar-refractivity contribution in [1.82, 2.24) is 9.80 Å². The largest absolute Gasteiger partial charge is 0.333 e. The van der Waals surface area contributed by atoms with Crippen molar-refractivity contribution in [1.29, 1.82) is 0 Å². The van der Waals surface area contributed by atoms with Gasteiger partial charge in [0.1, 0.15) is 0 Å². The summed E-state index contributed by atoms with van der Waals surface area (Å²) in [5, 5.41) is 0.524. The minimum Gasteiger partial charge on any atom is -0.333 e. The van der Waals surface area contributed by atoms with Gasteiger partial charge in [-0.05, 0) is 49.2 Å². The summed E-state index contributed by atoms with van der Waals surface area (Å²) in [6, 6.07) is 16.0. The molecule has 0 N–H and O–H groups in total. The minimum atomic E-state index is 0.0306. The van der Waals surface area contributed by atoms with Crippen LogP contribution in [0.15, 0.2) is 61.2 Å². The average molecular weight is 381 g/mol. The van der Waals surface area contributed by atoms with Gasteiger partial charge in [0.15, 0.2) is 0 Å². The molecule has 4 heteroatoms. The van der Waals surface area contributed by atoms with E-state index in [1.165, 1.54) is 11.1 Å². The number of fused-ring (bicyclic) bond motifs is 2. The van der Waals surface area contributed by atoms with Gasteiger partial charge in [-0.2, -0.15) is 0 Å². The number of piperidine rings is 1. The SMILES string of the molecule is C=CCN1CCC2(CC1)CN(C(=O)c1ccccc1Cl)Cc1ccccc12. The fourth-order valence-electron chi connectivity index (χ4n) is 4.61. The Morgan fingerprint density at radius 2 is 1.81 bits per heavy atom. The molecule has 0 unspecified atom stereocenters. The summed E-state index contributed by atoms with van der Waals surface area (Å²) >= 11 is 6.31. The summed E-state index contributed by atoms with van der Waals surface area (Å²) < 4.78 is 0. The molecule has 3 nitrogen and oxygen atoms in total. The summed E-state index contributed by atoms with van der Waals surface area (Å²) in [4.78, 5) is 17.7. The summed E-state index contributed by atoms with van der Waals surface area (Å²) in [7, 11) is 0. The molecule has 0 saturated carbocycles. The van der Waals surface area contributed by atoms with E-state index in [-0.39, 0.29) is 11.3 Å². The van der Waals surface area contributed by atoms with Crippen molar-refractivity contribution >= 4 is 17.5 Å². The molecule has 2 aromatic carbocycles. The summed E-state index contributed by atoms with van der Waals surface area (Å²) in [5.74, 6) is 0.0306. The molecule has 1 saturated heterocycles. The number of halogens is 1. The van der Waals surface area contributed by atoms with Gasteiger partial charge in [-0.3, -0.25) is 9.69 Å². The highest BCUT2D eigenvalue weighted by Crippen LogP contribution is 2.42. The van der Waals surface area contributed by atoms with E-state index >= 15 is 0 Å². The first-order valence-corrected chi connectivity index (χ1v) is 9.96. The molecule has 27 heavy (non-hydrogen) atoms. The lowest BCUT2D eigenvalue weighted by atomic mass is 9.68. The molecule has 0 aliphatic carbocycles. The third-order valence-corrected chi connectivity index (χ3v) is 6.36. The Morgan fingerprint density at radius 3 is 2.56 bits per heavy atom. The molecule has 0 atom stereocenters. The topological polar surface area (TPSA) is 23.6 Å². The van der Waals surface area contributed by atoms with Gasteiger partial charge in [0.05, 0.1) is 10.6 Å². The van der Waals surface area contributed by atoms with Gasteiger partial charge in [-0.1, -0.05) is 54.1 Å². The van der Waals surface area contributed by atoms with E-state index in [0.29, 0.717) is 17.1 Å². The van der Waals surface area contributed by atoms with Crippen LogP contribution in [0.25, 0.3) is 0 Å². The Hall–Kier alpha value is -2.10. The van der Waals surface area contributed by atoms with Crippen LogP contribution in [0.5, 0.6) is 0 Å². The van der Waals surface area contributed by atoms with E-state index in [4.69, 9.17) is 11.6 Å². The van der Waals surface area contributed by atoms with Crippen molar-refractivity contribution in [2.24, 2.45) is 0 Å². The predicted octanol–water partition coefficient (Wildman–Crippen LogP) is 4.52. The molecule has 1 fully saturated rings. The highest BCUT2D eigenvalue weighted by Gasteiger charge is 2.43. The lowest BCUT2D eigenvalue weighted by Gasteiger charge is -2.48. The molecule has 0 aromatic heterocycles. The van der Waals surface area contributed by atoms with Crippen molar-refractivity contribution in [2.45, 2.75) is 24.8 Å². The maximum Gasteiger partial charge on any atom is 0.255 e. The minimum absolute atomic E-state index is 0.0306. The van der Waals surface area contributed by atoms with Crippen molar-refractivity contribution in [2.75, 3.05) is 26.2 Å². The Kier molecular flexibility index (Phi) is 5.07. The highest BCUT2D eigenvalue weighted by molar-refractivity contribution is 6.33. The van der Waals surface area contributed by atoms with Crippen LogP contribution in [0.1, 0.15) is 34.3 Å². The van der Waals surface area contributed by atoms with Gasteiger partial charge in [0.2, 0.25) is 0 Å². The van der Waals surface area contributed by atoms with E-state index in [1.807, 2.05) is 29.2 Å². The number of carbonyl (C=O) groups excluding carboxylic acids is 1. The van der Waals surface area contributed by atoms with Gasteiger partial charge in [0, 0.05) is 25.0 Å². The first-order valence-electron chi connectivity index (χ1n) is 9.58. The second-order valence-electron chi connectivity index (χ2n) is 7.67. The quantitative estimate of drug-likeness (QED) is 0.731. The smallest absolute Gasteiger partial charge is 0.255 e. The molecule has 4 rings (SSSR count). The van der Waals surface area contributed by atoms with Crippen LogP contribution < -0.4 is 0 Å². The monoisotopic (exact) mass is 380 g/mol. The molecular formula is C23H25ClN2O. The first kappa shape index (κ1) is 18.3. The van der Waals surface area contributed by atoms with E-state index < -0.39 is 0 Å². The Morgan fingerprint density at radius 1 is 1.11 bits per heavy atom. The normalized spacial score (nSPS) is 18.9. The molecule has 2 aliphatic heterocycles. The van der Waals surface area contributed by atoms with Crippen molar-refractivity contribution in [3.05, 3.63) is 82.9 Å². The number of likely N-dealkylation sites (tertiary alicyclic amines) is 1. The zero-order valence-electron chi connectivity index (χ0n) is 15.5. The molecule has 2 aliphatic rings. The number of amides is 1. The molecule has 0 bridgehead atoms. The number of rotatable bonds is 3. The van der Waals surface area contributed by atoms with Crippen LogP contribution in [0.2, 0.25) is 5.02 Å². The van der Waals surface area contributed by atoms with Crippen LogP contribution in [0.3, 0.4) is 0 Å². The number of hydrogen-bond donors (Lipinski definition) is 0. The van der Waals surface area contributed by atoms with Crippen LogP contribution >= 0.6 is 11.6 Å². The first-order chi connectivity index (χ1) is 13.1. The fourth-order valence-corrected chi connectivity index (χ4v) is 4.83. The standard InChI is InChI=1S/C23H25ClN2O/c1-2-13-25-14-11-23(12-15-25)17-26(16-18-7-3-5-9-20(18)23)22(27)19-8-4-6-10-21(19)24/h2-10H,1,11-17H2. The Balaban J connectivity index is 1.65. The number of carbonyl (C=O) groups is 1. The molecule has 140 valence electrons. The second kappa shape index (κ2) is 7.49. The van der Waals surface area contributed by atoms with Gasteiger partial charge in [-0.15, -0.1) is 6.58 Å². The van der Waals surface area contributed by atoms with Gasteiger partial charge >= 0.3 is 0 Å². The van der Waals surface area contributed by atoms with Crippen LogP contribution in [-0.2, 0) is 12.0 Å². The van der Waals surface area contributed by atoms with Gasteiger partial charge in [0.25, 0.3) is 5.91 Å². The molecule has 0 radical (unpaired) electrons. The van der Waals surface area contributed by atoms with Gasteiger partial charge < -0.3 is 4.90 Å². The number of benzene rings is 2. The number of hydrogen-bond acceptors (Lipinski definition) is 2. The molecule has 1 spiro atoms. The lowest BCUT2D eigenvalue weighted by molar-refractivity contribution is 0.0589. The molecule has 1 amide bonds. The zero-order valence-corrected chi connectivity index (χ0v) is 16.3. The Labute approximate surface area is 166 Å². The highest BCUT2D eigenvalue weighted by atomic mass is 35.5. The van der Waals surface area contributed by atoms with Gasteiger partial charge in [-0.25, -0.2) is 0 Å². The second-order valence-corrected chi connectivity index (χ2v) is 8.08. The summed E-state index contributed by atoms with van der Waals surface area (Å²) in [6.07, 6.45) is 4.09. The molecule has 2 heterocycles. The fraction of sp³-hybridized carbons (Fsp3) is 0.348. The predicted molar refractivity (Wildman–Crippen MR) is 110 cm³/mol. The third-order valence-electron chi connectivity index (χ3n) is 6.04. The van der Waals surface area contributed by atoms with E-state index in [0.717, 1.165) is 39.0 Å². The summed E-state index contributed by atoms with van der Waals surface area (Å²) in [6.45, 7) is 8.28. The van der Waals surface area contributed by atoms with Crippen molar-refractivity contribution in [3.8, 4) is 0 Å². The molecule has 2 aromatic rings. The van der Waals surface area contributed by atoms with Crippen LogP contribution in [0, 0.1) is 0 Å². The Bertz CT molecular complexity index is 855. The van der Waals surface area contributed by atoms with E-state index in [1.54, 1.807) is 6.07 Å². The maximum absolute atomic E-state index is 13.2. The lowest BCUT2D eigenvalue weighted by Crippen LogP contribution is -2.53. The maximum atomic E-state index is 13.2. The van der Waals surface area contributed by atoms with Crippen LogP contribution in [-0.4, -0.2) is 41.9 Å². The molecular weight excluding hydrogens is 356 g/mol. The van der Waals surface area contributed by atoms with E-state index in [9.17, 15) is 4.79 Å². The average Bonchev–Trinajstić information content (AvgIpc) is 2.70. The van der Waals surface area contributed by atoms with Crippen LogP contribution in [0.4, 0.5) is 0 Å². The van der Waals surface area contributed by atoms with Crippen molar-refractivity contribution in [3.63, 3.8) is 0 Å². The third kappa shape index (κ3) is 3.42. The van der Waals surface area contributed by atoms with Crippen molar-refractivity contribution < 1.29 is 4.79 Å². The summed E-state index contributed by atoms with van der Waals surface area (Å²) in [5.41, 5.74) is 3.31. The number of nitrogens with zero attached hydrogens (tertiary/aromatic N) is 2. The zero-order chi connectivity index (χ0) is 18.9. The van der Waals surface area contributed by atoms with E-state index in [2.05, 4.69) is 35.7 Å².